The van der Waals surface area contributed by atoms with Crippen LogP contribution in [0.15, 0.2) is 36.8 Å². The molecule has 19 heavy (non-hydrogen) atoms. The number of rotatable bonds is 2. The van der Waals surface area contributed by atoms with Gasteiger partial charge in [0.1, 0.15) is 17.0 Å². The third-order valence-electron chi connectivity index (χ3n) is 2.39. The number of anilines is 1. The number of fused-ring (bicyclic) bond motifs is 1. The summed E-state index contributed by atoms with van der Waals surface area (Å²) in [4.78, 5) is 23.6. The van der Waals surface area contributed by atoms with E-state index in [2.05, 4.69) is 20.3 Å². The molecule has 0 aliphatic rings. The van der Waals surface area contributed by atoms with Gasteiger partial charge in [0.15, 0.2) is 5.13 Å². The molecular weight excluding hydrogens is 267 g/mol. The predicted octanol–water partition coefficient (Wildman–Crippen LogP) is 2.48. The van der Waals surface area contributed by atoms with Gasteiger partial charge in [-0.05, 0) is 12.1 Å². The standard InChI is InChI=1S/C12H7FN4OS/c13-7-2-1-3-9-10(7)16-12(19-9)17-11(18)8-6-14-4-5-15-8/h1-6H,(H,16,17,18). The summed E-state index contributed by atoms with van der Waals surface area (Å²) in [5, 5.41) is 2.90. The molecule has 7 heteroatoms. The average molecular weight is 274 g/mol. The first kappa shape index (κ1) is 11.7. The summed E-state index contributed by atoms with van der Waals surface area (Å²) in [6.45, 7) is 0. The topological polar surface area (TPSA) is 67.8 Å². The molecule has 0 bridgehead atoms. The highest BCUT2D eigenvalue weighted by Crippen LogP contribution is 2.27. The minimum atomic E-state index is -0.424. The van der Waals surface area contributed by atoms with Gasteiger partial charge in [0.2, 0.25) is 0 Å². The van der Waals surface area contributed by atoms with E-state index in [9.17, 15) is 9.18 Å². The van der Waals surface area contributed by atoms with E-state index in [4.69, 9.17) is 0 Å². The minimum absolute atomic E-state index is 0.183. The van der Waals surface area contributed by atoms with Crippen molar-refractivity contribution in [1.29, 1.82) is 0 Å². The van der Waals surface area contributed by atoms with E-state index in [0.717, 1.165) is 0 Å². The zero-order valence-electron chi connectivity index (χ0n) is 9.50. The lowest BCUT2D eigenvalue weighted by Crippen LogP contribution is -2.13. The fraction of sp³-hybridized carbons (Fsp3) is 0. The van der Waals surface area contributed by atoms with E-state index in [0.29, 0.717) is 9.83 Å². The number of aromatic nitrogens is 3. The lowest BCUT2D eigenvalue weighted by atomic mass is 10.3. The minimum Gasteiger partial charge on any atom is -0.296 e. The molecule has 2 aromatic heterocycles. The van der Waals surface area contributed by atoms with Crippen LogP contribution in [0, 0.1) is 5.82 Å². The van der Waals surface area contributed by atoms with Crippen molar-refractivity contribution in [3.63, 3.8) is 0 Å². The van der Waals surface area contributed by atoms with Gasteiger partial charge in [-0.25, -0.2) is 14.4 Å². The fourth-order valence-electron chi connectivity index (χ4n) is 1.55. The van der Waals surface area contributed by atoms with Gasteiger partial charge in [0, 0.05) is 12.4 Å². The van der Waals surface area contributed by atoms with Crippen LogP contribution >= 0.6 is 11.3 Å². The van der Waals surface area contributed by atoms with E-state index in [-0.39, 0.29) is 11.2 Å². The van der Waals surface area contributed by atoms with Crippen LogP contribution in [0.25, 0.3) is 10.2 Å². The second-order valence-corrected chi connectivity index (χ2v) is 4.68. The van der Waals surface area contributed by atoms with Crippen molar-refractivity contribution in [2.75, 3.05) is 5.32 Å². The molecule has 0 atom stereocenters. The van der Waals surface area contributed by atoms with Gasteiger partial charge in [0.25, 0.3) is 5.91 Å². The number of halogens is 1. The second kappa shape index (κ2) is 4.69. The molecule has 2 heterocycles. The Labute approximate surface area is 111 Å². The quantitative estimate of drug-likeness (QED) is 0.779. The van der Waals surface area contributed by atoms with Crippen molar-refractivity contribution >= 4 is 32.6 Å². The Hall–Kier alpha value is -2.41. The Morgan fingerprint density at radius 3 is 2.95 bits per heavy atom. The summed E-state index contributed by atoms with van der Waals surface area (Å²) in [5.74, 6) is -0.832. The predicted molar refractivity (Wildman–Crippen MR) is 69.6 cm³/mol. The highest BCUT2D eigenvalue weighted by Gasteiger charge is 2.12. The van der Waals surface area contributed by atoms with Gasteiger partial charge in [-0.3, -0.25) is 15.1 Å². The van der Waals surface area contributed by atoms with Crippen LogP contribution in [0.1, 0.15) is 10.5 Å². The first-order valence-corrected chi connectivity index (χ1v) is 6.18. The molecule has 0 saturated heterocycles. The van der Waals surface area contributed by atoms with Crippen molar-refractivity contribution in [3.8, 4) is 0 Å². The maximum absolute atomic E-state index is 13.5. The van der Waals surface area contributed by atoms with Gasteiger partial charge in [-0.15, -0.1) is 0 Å². The van der Waals surface area contributed by atoms with Gasteiger partial charge in [-0.2, -0.15) is 0 Å². The number of amides is 1. The Bertz CT molecular complexity index is 744. The lowest BCUT2D eigenvalue weighted by molar-refractivity contribution is 0.102. The van der Waals surface area contributed by atoms with Crippen LogP contribution in [-0.4, -0.2) is 20.9 Å². The van der Waals surface area contributed by atoms with Gasteiger partial charge < -0.3 is 0 Å². The van der Waals surface area contributed by atoms with Crippen molar-refractivity contribution < 1.29 is 9.18 Å². The molecule has 5 nitrogen and oxygen atoms in total. The molecule has 3 rings (SSSR count). The Kier molecular flexibility index (Phi) is 2.88. The number of hydrogen-bond acceptors (Lipinski definition) is 5. The molecule has 1 amide bonds. The van der Waals surface area contributed by atoms with E-state index in [1.165, 1.54) is 36.0 Å². The molecule has 94 valence electrons. The van der Waals surface area contributed by atoms with Crippen LogP contribution < -0.4 is 5.32 Å². The molecular formula is C12H7FN4OS. The van der Waals surface area contributed by atoms with E-state index in [1.54, 1.807) is 12.1 Å². The fourth-order valence-corrected chi connectivity index (χ4v) is 2.42. The summed E-state index contributed by atoms with van der Waals surface area (Å²) in [7, 11) is 0. The second-order valence-electron chi connectivity index (χ2n) is 3.65. The Morgan fingerprint density at radius 2 is 2.21 bits per heavy atom. The number of carbonyl (C=O) groups is 1. The molecule has 0 fully saturated rings. The lowest BCUT2D eigenvalue weighted by Gasteiger charge is -1.98. The Morgan fingerprint density at radius 1 is 1.32 bits per heavy atom. The summed E-state index contributed by atoms with van der Waals surface area (Å²) in [6, 6.07) is 4.68. The maximum atomic E-state index is 13.5. The zero-order valence-corrected chi connectivity index (χ0v) is 10.3. The number of para-hydroxylation sites is 1. The Balaban J connectivity index is 1.90. The number of carbonyl (C=O) groups excluding carboxylic acids is 1. The summed E-state index contributed by atoms with van der Waals surface area (Å²) in [5.41, 5.74) is 0.434. The van der Waals surface area contributed by atoms with Gasteiger partial charge >= 0.3 is 0 Å². The average Bonchev–Trinajstić information content (AvgIpc) is 2.84. The first-order valence-electron chi connectivity index (χ1n) is 5.36. The zero-order chi connectivity index (χ0) is 13.2. The number of nitrogens with zero attached hydrogens (tertiary/aromatic N) is 3. The van der Waals surface area contributed by atoms with Gasteiger partial charge in [-0.1, -0.05) is 17.4 Å². The molecule has 3 aromatic rings. The molecule has 1 N–H and O–H groups in total. The molecule has 0 spiro atoms. The van der Waals surface area contributed by atoms with Crippen molar-refractivity contribution in [1.82, 2.24) is 15.0 Å². The molecule has 1 aromatic carbocycles. The third-order valence-corrected chi connectivity index (χ3v) is 3.32. The highest BCUT2D eigenvalue weighted by molar-refractivity contribution is 7.22. The molecule has 0 aliphatic carbocycles. The van der Waals surface area contributed by atoms with E-state index >= 15 is 0 Å². The number of nitrogens with one attached hydrogen (secondary N) is 1. The maximum Gasteiger partial charge on any atom is 0.277 e. The molecule has 0 aliphatic heterocycles. The van der Waals surface area contributed by atoms with Crippen molar-refractivity contribution in [3.05, 3.63) is 48.3 Å². The molecule has 0 unspecified atom stereocenters. The first-order chi connectivity index (χ1) is 9.24. The van der Waals surface area contributed by atoms with Crippen LogP contribution in [0.2, 0.25) is 0 Å². The van der Waals surface area contributed by atoms with Crippen LogP contribution in [0.5, 0.6) is 0 Å². The highest BCUT2D eigenvalue weighted by atomic mass is 32.1. The van der Waals surface area contributed by atoms with E-state index < -0.39 is 11.7 Å². The summed E-state index contributed by atoms with van der Waals surface area (Å²) in [6.07, 6.45) is 4.25. The molecule has 0 radical (unpaired) electrons. The SMILES string of the molecule is O=C(Nc1nc2c(F)cccc2s1)c1cnccn1. The van der Waals surface area contributed by atoms with Crippen molar-refractivity contribution in [2.24, 2.45) is 0 Å². The number of benzene rings is 1. The van der Waals surface area contributed by atoms with Crippen molar-refractivity contribution in [2.45, 2.75) is 0 Å². The normalized spacial score (nSPS) is 10.6. The summed E-state index contributed by atoms with van der Waals surface area (Å²) < 4.78 is 14.1. The molecule has 0 saturated carbocycles. The number of hydrogen-bond donors (Lipinski definition) is 1. The largest absolute Gasteiger partial charge is 0.296 e. The smallest absolute Gasteiger partial charge is 0.277 e. The van der Waals surface area contributed by atoms with Crippen LogP contribution in [-0.2, 0) is 0 Å². The monoisotopic (exact) mass is 274 g/mol. The third kappa shape index (κ3) is 2.27. The number of thiazole rings is 1. The van der Waals surface area contributed by atoms with Crippen LogP contribution in [0.4, 0.5) is 9.52 Å². The van der Waals surface area contributed by atoms with E-state index in [1.807, 2.05) is 0 Å². The van der Waals surface area contributed by atoms with Crippen LogP contribution in [0.3, 0.4) is 0 Å². The van der Waals surface area contributed by atoms with Gasteiger partial charge in [0.05, 0.1) is 10.9 Å². The summed E-state index contributed by atoms with van der Waals surface area (Å²) >= 11 is 1.20.